The van der Waals surface area contributed by atoms with Crippen LogP contribution in [0.25, 0.3) is 23.0 Å². The Morgan fingerprint density at radius 2 is 1.80 bits per heavy atom. The summed E-state index contributed by atoms with van der Waals surface area (Å²) in [5, 5.41) is 17.7. The Morgan fingerprint density at radius 3 is 2.46 bits per heavy atom. The van der Waals surface area contributed by atoms with Gasteiger partial charge in [0.25, 0.3) is 5.91 Å². The first-order valence-electron chi connectivity index (χ1n) is 11.1. The minimum Gasteiger partial charge on any atom is -0.489 e. The first kappa shape index (κ1) is 23.8. The van der Waals surface area contributed by atoms with Crippen molar-refractivity contribution in [1.29, 1.82) is 5.26 Å². The third-order valence-electron chi connectivity index (χ3n) is 5.21. The molecule has 0 radical (unpaired) electrons. The van der Waals surface area contributed by atoms with Crippen LogP contribution in [0, 0.1) is 11.3 Å². The van der Waals surface area contributed by atoms with Crippen molar-refractivity contribution in [1.82, 2.24) is 15.1 Å². The summed E-state index contributed by atoms with van der Waals surface area (Å²) in [6.07, 6.45) is 3.38. The van der Waals surface area contributed by atoms with Gasteiger partial charge >= 0.3 is 0 Å². The van der Waals surface area contributed by atoms with E-state index in [-0.39, 0.29) is 5.57 Å². The van der Waals surface area contributed by atoms with Crippen LogP contribution < -0.4 is 10.1 Å². The van der Waals surface area contributed by atoms with Gasteiger partial charge in [-0.3, -0.25) is 4.79 Å². The SMILES string of the molecule is CCNC(=O)/C(C#N)=C/c1cn(-c2ccccc2)nc1-c1ccc(OCc2ccc(Cl)cc2)cc1. The summed E-state index contributed by atoms with van der Waals surface area (Å²) in [6.45, 7) is 2.67. The van der Waals surface area contributed by atoms with Gasteiger partial charge in [0.15, 0.2) is 0 Å². The van der Waals surface area contributed by atoms with E-state index in [9.17, 15) is 10.1 Å². The van der Waals surface area contributed by atoms with Crippen molar-refractivity contribution in [2.75, 3.05) is 6.54 Å². The van der Waals surface area contributed by atoms with Crippen LogP contribution >= 0.6 is 11.6 Å². The van der Waals surface area contributed by atoms with E-state index in [1.807, 2.05) is 98.1 Å². The number of amides is 1. The number of benzene rings is 3. The fourth-order valence-corrected chi connectivity index (χ4v) is 3.57. The molecule has 0 bridgehead atoms. The lowest BCUT2D eigenvalue weighted by Gasteiger charge is -2.07. The lowest BCUT2D eigenvalue weighted by molar-refractivity contribution is -0.116. The van der Waals surface area contributed by atoms with Gasteiger partial charge in [-0.15, -0.1) is 0 Å². The van der Waals surface area contributed by atoms with Gasteiger partial charge < -0.3 is 10.1 Å². The maximum absolute atomic E-state index is 12.3. The second kappa shape index (κ2) is 11.2. The van der Waals surface area contributed by atoms with Crippen LogP contribution in [0.4, 0.5) is 0 Å². The highest BCUT2D eigenvalue weighted by atomic mass is 35.5. The molecule has 0 fully saturated rings. The zero-order valence-corrected chi connectivity index (χ0v) is 19.9. The third-order valence-corrected chi connectivity index (χ3v) is 5.46. The minimum atomic E-state index is -0.417. The van der Waals surface area contributed by atoms with E-state index >= 15 is 0 Å². The van der Waals surface area contributed by atoms with E-state index in [1.165, 1.54) is 0 Å². The van der Waals surface area contributed by atoms with E-state index in [0.717, 1.165) is 16.8 Å². The van der Waals surface area contributed by atoms with Crippen molar-refractivity contribution >= 4 is 23.6 Å². The molecule has 1 N–H and O–H groups in total. The van der Waals surface area contributed by atoms with Crippen LogP contribution in [0.3, 0.4) is 0 Å². The number of nitriles is 1. The molecular weight excluding hydrogens is 460 g/mol. The van der Waals surface area contributed by atoms with Crippen LogP contribution in [-0.2, 0) is 11.4 Å². The van der Waals surface area contributed by atoms with E-state index < -0.39 is 5.91 Å². The van der Waals surface area contributed by atoms with Gasteiger partial charge in [0.05, 0.1) is 11.4 Å². The van der Waals surface area contributed by atoms with Crippen molar-refractivity contribution in [3.8, 4) is 28.8 Å². The molecule has 3 aromatic carbocycles. The zero-order chi connectivity index (χ0) is 24.6. The number of nitrogens with zero attached hydrogens (tertiary/aromatic N) is 3. The van der Waals surface area contributed by atoms with Crippen molar-refractivity contribution in [3.63, 3.8) is 0 Å². The van der Waals surface area contributed by atoms with Gasteiger partial charge in [0.1, 0.15) is 24.0 Å². The Balaban J connectivity index is 1.64. The minimum absolute atomic E-state index is 0.0172. The Bertz CT molecular complexity index is 1370. The van der Waals surface area contributed by atoms with Crippen LogP contribution in [0.1, 0.15) is 18.1 Å². The first-order chi connectivity index (χ1) is 17.1. The molecule has 0 saturated carbocycles. The smallest absolute Gasteiger partial charge is 0.261 e. The largest absolute Gasteiger partial charge is 0.489 e. The number of carbonyl (C=O) groups excluding carboxylic acids is 1. The first-order valence-corrected chi connectivity index (χ1v) is 11.5. The summed E-state index contributed by atoms with van der Waals surface area (Å²) in [5.41, 5.74) is 4.04. The standard InChI is InChI=1S/C28H23ClN4O2/c1-2-31-28(34)22(17-30)16-23-18-33(25-6-4-3-5-7-25)32-27(23)21-10-14-26(15-11-21)35-19-20-8-12-24(29)13-9-20/h3-16,18H,2,19H2,1H3,(H,31,34)/b22-16+. The highest BCUT2D eigenvalue weighted by Gasteiger charge is 2.15. The number of ether oxygens (including phenoxy) is 1. The zero-order valence-electron chi connectivity index (χ0n) is 19.1. The highest BCUT2D eigenvalue weighted by Crippen LogP contribution is 2.28. The van der Waals surface area contributed by atoms with Gasteiger partial charge in [0, 0.05) is 28.9 Å². The quantitative estimate of drug-likeness (QED) is 0.253. The second-order valence-electron chi connectivity index (χ2n) is 7.68. The predicted octanol–water partition coefficient (Wildman–Crippen LogP) is 5.81. The molecule has 0 aliphatic carbocycles. The van der Waals surface area contributed by atoms with E-state index in [1.54, 1.807) is 10.8 Å². The number of carbonyl (C=O) groups is 1. The molecule has 174 valence electrons. The Labute approximate surface area is 209 Å². The van der Waals surface area contributed by atoms with Crippen molar-refractivity contribution in [2.24, 2.45) is 0 Å². The Morgan fingerprint density at radius 1 is 1.09 bits per heavy atom. The van der Waals surface area contributed by atoms with Gasteiger partial charge in [-0.05, 0) is 67.1 Å². The van der Waals surface area contributed by atoms with Crippen LogP contribution in [0.15, 0.2) is 90.6 Å². The summed E-state index contributed by atoms with van der Waals surface area (Å²) >= 11 is 5.94. The molecule has 0 unspecified atom stereocenters. The molecule has 7 heteroatoms. The summed E-state index contributed by atoms with van der Waals surface area (Å²) in [6, 6.07) is 26.7. The number of hydrogen-bond donors (Lipinski definition) is 1. The molecule has 4 rings (SSSR count). The number of nitrogens with one attached hydrogen (secondary N) is 1. The van der Waals surface area contributed by atoms with E-state index in [2.05, 4.69) is 5.32 Å². The lowest BCUT2D eigenvalue weighted by Crippen LogP contribution is -2.23. The molecule has 0 saturated heterocycles. The molecular formula is C28H23ClN4O2. The summed E-state index contributed by atoms with van der Waals surface area (Å²) in [4.78, 5) is 12.3. The van der Waals surface area contributed by atoms with Crippen molar-refractivity contribution in [3.05, 3.63) is 107 Å². The Hall–Kier alpha value is -4.34. The molecule has 4 aromatic rings. The van der Waals surface area contributed by atoms with Crippen LogP contribution in [-0.4, -0.2) is 22.2 Å². The molecule has 0 atom stereocenters. The molecule has 0 aliphatic rings. The van der Waals surface area contributed by atoms with E-state index in [4.69, 9.17) is 21.4 Å². The Kier molecular flexibility index (Phi) is 7.61. The van der Waals surface area contributed by atoms with Gasteiger partial charge in [-0.1, -0.05) is 41.9 Å². The average molecular weight is 483 g/mol. The molecule has 1 aromatic heterocycles. The lowest BCUT2D eigenvalue weighted by atomic mass is 10.1. The fraction of sp³-hybridized carbons (Fsp3) is 0.107. The summed E-state index contributed by atoms with van der Waals surface area (Å²) in [5.74, 6) is 0.294. The van der Waals surface area contributed by atoms with Crippen molar-refractivity contribution in [2.45, 2.75) is 13.5 Å². The number of hydrogen-bond acceptors (Lipinski definition) is 4. The maximum Gasteiger partial charge on any atom is 0.261 e. The van der Waals surface area contributed by atoms with Gasteiger partial charge in [-0.25, -0.2) is 4.68 Å². The van der Waals surface area contributed by atoms with Crippen molar-refractivity contribution < 1.29 is 9.53 Å². The number of aromatic nitrogens is 2. The average Bonchev–Trinajstić information content (AvgIpc) is 3.32. The predicted molar refractivity (Wildman–Crippen MR) is 137 cm³/mol. The maximum atomic E-state index is 12.3. The monoisotopic (exact) mass is 482 g/mol. The molecule has 0 aliphatic heterocycles. The molecule has 1 heterocycles. The number of halogens is 1. The summed E-state index contributed by atoms with van der Waals surface area (Å²) in [7, 11) is 0. The molecule has 35 heavy (non-hydrogen) atoms. The number of likely N-dealkylation sites (N-methyl/N-ethyl adjacent to an activating group) is 1. The number of rotatable bonds is 8. The van der Waals surface area contributed by atoms with E-state index in [0.29, 0.717) is 35.2 Å². The van der Waals surface area contributed by atoms with Gasteiger partial charge in [0.2, 0.25) is 0 Å². The fourth-order valence-electron chi connectivity index (χ4n) is 3.45. The summed E-state index contributed by atoms with van der Waals surface area (Å²) < 4.78 is 7.63. The topological polar surface area (TPSA) is 79.9 Å². The molecule has 1 amide bonds. The van der Waals surface area contributed by atoms with Crippen LogP contribution in [0.2, 0.25) is 5.02 Å². The normalized spacial score (nSPS) is 11.1. The highest BCUT2D eigenvalue weighted by molar-refractivity contribution is 6.30. The van der Waals surface area contributed by atoms with Crippen LogP contribution in [0.5, 0.6) is 5.75 Å². The van der Waals surface area contributed by atoms with Gasteiger partial charge in [-0.2, -0.15) is 10.4 Å². The third kappa shape index (κ3) is 5.97. The molecule has 6 nitrogen and oxygen atoms in total. The second-order valence-corrected chi connectivity index (χ2v) is 8.12. The molecule has 0 spiro atoms. The number of para-hydroxylation sites is 1.